The monoisotopic (exact) mass is 391 g/mol. The summed E-state index contributed by atoms with van der Waals surface area (Å²) in [5.74, 6) is 0. The maximum atomic E-state index is 12.9. The van der Waals surface area contributed by atoms with E-state index in [1.54, 1.807) is 11.3 Å². The van der Waals surface area contributed by atoms with Crippen molar-refractivity contribution in [3.05, 3.63) is 77.0 Å². The van der Waals surface area contributed by atoms with Gasteiger partial charge >= 0.3 is 6.03 Å². The van der Waals surface area contributed by atoms with Crippen molar-refractivity contribution in [1.82, 2.24) is 9.80 Å². The molecule has 0 spiro atoms. The Morgan fingerprint density at radius 2 is 1.75 bits per heavy atom. The predicted molar refractivity (Wildman–Crippen MR) is 117 cm³/mol. The minimum atomic E-state index is -0.0132. The number of rotatable bonds is 4. The Kier molecular flexibility index (Phi) is 6.04. The molecule has 1 aliphatic heterocycles. The molecule has 0 saturated carbocycles. The number of nitrogens with one attached hydrogen (secondary N) is 1. The summed E-state index contributed by atoms with van der Waals surface area (Å²) in [5, 5.41) is 7.46. The fourth-order valence-corrected chi connectivity index (χ4v) is 4.29. The van der Waals surface area contributed by atoms with Crippen molar-refractivity contribution in [2.24, 2.45) is 0 Å². The lowest BCUT2D eigenvalue weighted by Crippen LogP contribution is -2.38. The number of amides is 2. The third-order valence-electron chi connectivity index (χ3n) is 5.12. The van der Waals surface area contributed by atoms with E-state index in [-0.39, 0.29) is 6.03 Å². The number of para-hydroxylation sites is 1. The van der Waals surface area contributed by atoms with Crippen LogP contribution in [-0.4, -0.2) is 42.0 Å². The van der Waals surface area contributed by atoms with Crippen molar-refractivity contribution in [2.75, 3.05) is 31.5 Å². The summed E-state index contributed by atoms with van der Waals surface area (Å²) in [6.45, 7) is 4.45. The van der Waals surface area contributed by atoms with Gasteiger partial charge in [0.05, 0.1) is 5.69 Å². The van der Waals surface area contributed by atoms with Crippen molar-refractivity contribution in [3.63, 3.8) is 0 Å². The van der Waals surface area contributed by atoms with Gasteiger partial charge in [0, 0.05) is 38.3 Å². The molecule has 0 unspecified atom stereocenters. The largest absolute Gasteiger partial charge is 0.323 e. The quantitative estimate of drug-likeness (QED) is 0.667. The van der Waals surface area contributed by atoms with Crippen LogP contribution in [0.4, 0.5) is 10.5 Å². The molecule has 1 aliphatic rings. The molecule has 1 N–H and O–H groups in total. The molecule has 2 amide bonds. The van der Waals surface area contributed by atoms with Gasteiger partial charge in [0.2, 0.25) is 0 Å². The van der Waals surface area contributed by atoms with Crippen LogP contribution < -0.4 is 5.32 Å². The highest BCUT2D eigenvalue weighted by molar-refractivity contribution is 7.07. The summed E-state index contributed by atoms with van der Waals surface area (Å²) >= 11 is 1.74. The van der Waals surface area contributed by atoms with Crippen molar-refractivity contribution < 1.29 is 4.79 Å². The van der Waals surface area contributed by atoms with Gasteiger partial charge in [0.25, 0.3) is 0 Å². The van der Waals surface area contributed by atoms with E-state index in [1.807, 2.05) is 41.3 Å². The van der Waals surface area contributed by atoms with Gasteiger partial charge in [-0.05, 0) is 40.4 Å². The first kappa shape index (κ1) is 18.7. The minimum absolute atomic E-state index is 0.0132. The van der Waals surface area contributed by atoms with Crippen LogP contribution in [0.25, 0.3) is 11.1 Å². The maximum absolute atomic E-state index is 12.9. The Bertz CT molecular complexity index is 895. The van der Waals surface area contributed by atoms with Gasteiger partial charge in [0.15, 0.2) is 0 Å². The third kappa shape index (κ3) is 4.61. The van der Waals surface area contributed by atoms with Gasteiger partial charge in [-0.3, -0.25) is 4.90 Å². The van der Waals surface area contributed by atoms with Gasteiger partial charge < -0.3 is 10.2 Å². The molecule has 0 bridgehead atoms. The molecule has 0 atom stereocenters. The van der Waals surface area contributed by atoms with Crippen LogP contribution in [0.5, 0.6) is 0 Å². The van der Waals surface area contributed by atoms with E-state index in [1.165, 1.54) is 5.56 Å². The molecule has 0 radical (unpaired) electrons. The number of carbonyl (C=O) groups excluding carboxylic acids is 1. The zero-order chi connectivity index (χ0) is 19.2. The number of thiophene rings is 1. The molecular weight excluding hydrogens is 366 g/mol. The van der Waals surface area contributed by atoms with Crippen molar-refractivity contribution in [1.29, 1.82) is 0 Å². The van der Waals surface area contributed by atoms with Gasteiger partial charge in [-0.25, -0.2) is 4.79 Å². The van der Waals surface area contributed by atoms with Crippen molar-refractivity contribution >= 4 is 23.1 Å². The average molecular weight is 392 g/mol. The summed E-state index contributed by atoms with van der Waals surface area (Å²) in [4.78, 5) is 17.3. The molecule has 4 rings (SSSR count). The highest BCUT2D eigenvalue weighted by Crippen LogP contribution is 2.27. The summed E-state index contributed by atoms with van der Waals surface area (Å²) in [5.41, 5.74) is 4.37. The summed E-state index contributed by atoms with van der Waals surface area (Å²) in [7, 11) is 0. The molecule has 1 saturated heterocycles. The van der Waals surface area contributed by atoms with E-state index in [2.05, 4.69) is 45.2 Å². The SMILES string of the molecule is O=C(Nc1ccccc1-c1ccccc1)N1CCCN(Cc2ccsc2)CC1. The standard InChI is InChI=1S/C23H25N3OS/c27-23(24-22-10-5-4-9-21(22)20-7-2-1-3-8-20)26-13-6-12-25(14-15-26)17-19-11-16-28-18-19/h1-5,7-11,16,18H,6,12-15,17H2,(H,24,27). The molecule has 28 heavy (non-hydrogen) atoms. The third-order valence-corrected chi connectivity index (χ3v) is 5.85. The second-order valence-corrected chi connectivity index (χ2v) is 7.87. The Balaban J connectivity index is 1.40. The first-order chi connectivity index (χ1) is 13.8. The molecule has 1 fully saturated rings. The second kappa shape index (κ2) is 9.04. The van der Waals surface area contributed by atoms with Gasteiger partial charge in [0.1, 0.15) is 0 Å². The lowest BCUT2D eigenvalue weighted by molar-refractivity contribution is 0.211. The zero-order valence-corrected chi connectivity index (χ0v) is 16.7. The Morgan fingerprint density at radius 1 is 0.929 bits per heavy atom. The fraction of sp³-hybridized carbons (Fsp3) is 0.261. The van der Waals surface area contributed by atoms with Crippen molar-refractivity contribution in [2.45, 2.75) is 13.0 Å². The van der Waals surface area contributed by atoms with Crippen LogP contribution in [0.2, 0.25) is 0 Å². The van der Waals surface area contributed by atoms with Crippen LogP contribution in [0.15, 0.2) is 71.4 Å². The van der Waals surface area contributed by atoms with Gasteiger partial charge in [-0.1, -0.05) is 48.5 Å². The lowest BCUT2D eigenvalue weighted by Gasteiger charge is -2.23. The molecule has 3 aromatic rings. The number of benzene rings is 2. The first-order valence-electron chi connectivity index (χ1n) is 9.73. The molecule has 1 aromatic heterocycles. The number of carbonyl (C=O) groups is 1. The number of anilines is 1. The second-order valence-electron chi connectivity index (χ2n) is 7.09. The Labute approximate surface area is 170 Å². The van der Waals surface area contributed by atoms with Crippen LogP contribution in [0, 0.1) is 0 Å². The average Bonchev–Trinajstić information content (AvgIpc) is 3.13. The highest BCUT2D eigenvalue weighted by Gasteiger charge is 2.20. The predicted octanol–water partition coefficient (Wildman–Crippen LogP) is 5.15. The maximum Gasteiger partial charge on any atom is 0.321 e. The molecule has 144 valence electrons. The zero-order valence-electron chi connectivity index (χ0n) is 15.9. The Morgan fingerprint density at radius 3 is 2.57 bits per heavy atom. The van der Waals surface area contributed by atoms with E-state index in [9.17, 15) is 4.79 Å². The smallest absolute Gasteiger partial charge is 0.321 e. The summed E-state index contributed by atoms with van der Waals surface area (Å²) in [6, 6.07) is 20.3. The Hall–Kier alpha value is -2.63. The number of urea groups is 1. The summed E-state index contributed by atoms with van der Waals surface area (Å²) in [6.07, 6.45) is 0.998. The van der Waals surface area contributed by atoms with Gasteiger partial charge in [-0.2, -0.15) is 11.3 Å². The van der Waals surface area contributed by atoms with Crippen LogP contribution in [-0.2, 0) is 6.54 Å². The number of nitrogens with zero attached hydrogens (tertiary/aromatic N) is 2. The summed E-state index contributed by atoms with van der Waals surface area (Å²) < 4.78 is 0. The molecule has 0 aliphatic carbocycles. The number of hydrogen-bond acceptors (Lipinski definition) is 3. The molecule has 5 heteroatoms. The van der Waals surface area contributed by atoms with Crippen LogP contribution >= 0.6 is 11.3 Å². The topological polar surface area (TPSA) is 35.6 Å². The molecule has 2 heterocycles. The first-order valence-corrected chi connectivity index (χ1v) is 10.7. The van der Waals surface area contributed by atoms with E-state index < -0.39 is 0 Å². The van der Waals surface area contributed by atoms with E-state index in [0.29, 0.717) is 0 Å². The van der Waals surface area contributed by atoms with E-state index in [0.717, 1.165) is 56.0 Å². The molecule has 4 nitrogen and oxygen atoms in total. The van der Waals surface area contributed by atoms with E-state index >= 15 is 0 Å². The fourth-order valence-electron chi connectivity index (χ4n) is 3.63. The van der Waals surface area contributed by atoms with Crippen molar-refractivity contribution in [3.8, 4) is 11.1 Å². The lowest BCUT2D eigenvalue weighted by atomic mass is 10.0. The van der Waals surface area contributed by atoms with E-state index in [4.69, 9.17) is 0 Å². The van der Waals surface area contributed by atoms with Gasteiger partial charge in [-0.15, -0.1) is 0 Å². The van der Waals surface area contributed by atoms with Crippen LogP contribution in [0.1, 0.15) is 12.0 Å². The molecule has 2 aromatic carbocycles. The van der Waals surface area contributed by atoms with Crippen LogP contribution in [0.3, 0.4) is 0 Å². The normalized spacial score (nSPS) is 15.2. The number of hydrogen-bond donors (Lipinski definition) is 1. The highest BCUT2D eigenvalue weighted by atomic mass is 32.1. The molecular formula is C23H25N3OS. The minimum Gasteiger partial charge on any atom is -0.323 e.